The van der Waals surface area contributed by atoms with Crippen molar-refractivity contribution in [2.24, 2.45) is 11.8 Å². The van der Waals surface area contributed by atoms with E-state index in [1.165, 1.54) is 25.7 Å². The molecule has 0 bridgehead atoms. The van der Waals surface area contributed by atoms with Crippen LogP contribution in [0.2, 0.25) is 0 Å². The Morgan fingerprint density at radius 2 is 1.73 bits per heavy atom. The highest BCUT2D eigenvalue weighted by atomic mass is 14.2. The van der Waals surface area contributed by atoms with Crippen LogP contribution < -0.4 is 0 Å². The summed E-state index contributed by atoms with van der Waals surface area (Å²) in [6.45, 7) is 10.7. The predicted molar refractivity (Wildman–Crippen MR) is 52.7 cm³/mol. The molecule has 0 aliphatic heterocycles. The number of hydrogen-bond acceptors (Lipinski definition) is 0. The summed E-state index contributed by atoms with van der Waals surface area (Å²) < 4.78 is 0. The molecule has 0 heterocycles. The van der Waals surface area contributed by atoms with Gasteiger partial charge in [0.25, 0.3) is 0 Å². The molecule has 1 unspecified atom stereocenters. The van der Waals surface area contributed by atoms with Gasteiger partial charge >= 0.3 is 0 Å². The van der Waals surface area contributed by atoms with Crippen LogP contribution in [-0.2, 0) is 0 Å². The third-order valence-electron chi connectivity index (χ3n) is 2.58. The third kappa shape index (κ3) is 3.60. The molecule has 0 aromatic heterocycles. The number of hydrogen-bond donors (Lipinski definition) is 0. The second-order valence-corrected chi connectivity index (χ2v) is 3.26. The van der Waals surface area contributed by atoms with E-state index in [0.29, 0.717) is 0 Å². The summed E-state index contributed by atoms with van der Waals surface area (Å²) in [5.41, 5.74) is 0. The fourth-order valence-electron chi connectivity index (χ4n) is 1.77. The van der Waals surface area contributed by atoms with Crippen LogP contribution in [-0.4, -0.2) is 0 Å². The quantitative estimate of drug-likeness (QED) is 0.507. The highest BCUT2D eigenvalue weighted by molar-refractivity contribution is 4.83. The minimum atomic E-state index is 0.759. The van der Waals surface area contributed by atoms with E-state index in [4.69, 9.17) is 0 Å². The molecule has 0 N–H and O–H groups in total. The van der Waals surface area contributed by atoms with E-state index in [-0.39, 0.29) is 0 Å². The van der Waals surface area contributed by atoms with E-state index < -0.39 is 0 Å². The van der Waals surface area contributed by atoms with E-state index in [9.17, 15) is 0 Å². The van der Waals surface area contributed by atoms with Gasteiger partial charge < -0.3 is 0 Å². The van der Waals surface area contributed by atoms with Gasteiger partial charge in [-0.2, -0.15) is 0 Å². The van der Waals surface area contributed by atoms with Gasteiger partial charge in [-0.1, -0.05) is 46.1 Å². The molecule has 0 spiro atoms. The maximum atomic E-state index is 3.90. The summed E-state index contributed by atoms with van der Waals surface area (Å²) in [6.07, 6.45) is 7.34. The molecule has 0 aliphatic rings. The maximum absolute atomic E-state index is 3.90. The minimum Gasteiger partial charge on any atom is -0.103 e. The largest absolute Gasteiger partial charge is 0.103 e. The average molecular weight is 154 g/mol. The molecule has 0 heteroatoms. The van der Waals surface area contributed by atoms with Crippen LogP contribution in [0.15, 0.2) is 12.7 Å². The monoisotopic (exact) mass is 154 g/mol. The van der Waals surface area contributed by atoms with Gasteiger partial charge in [-0.05, 0) is 18.3 Å². The average Bonchev–Trinajstić information content (AvgIpc) is 2.05. The number of allylic oxidation sites excluding steroid dienone is 1. The lowest BCUT2D eigenvalue weighted by atomic mass is 9.85. The molecule has 66 valence electrons. The van der Waals surface area contributed by atoms with Crippen molar-refractivity contribution in [3.05, 3.63) is 12.7 Å². The van der Waals surface area contributed by atoms with Crippen molar-refractivity contribution >= 4 is 0 Å². The Morgan fingerprint density at radius 1 is 1.18 bits per heavy atom. The SMILES string of the molecule is C=CC(CCC)C(CC)CC. The fraction of sp³-hybridized carbons (Fsp3) is 0.818. The van der Waals surface area contributed by atoms with Crippen molar-refractivity contribution < 1.29 is 0 Å². The van der Waals surface area contributed by atoms with Crippen molar-refractivity contribution in [1.29, 1.82) is 0 Å². The summed E-state index contributed by atoms with van der Waals surface area (Å²) in [5, 5.41) is 0. The zero-order chi connectivity index (χ0) is 8.69. The lowest BCUT2D eigenvalue weighted by molar-refractivity contribution is 0.350. The van der Waals surface area contributed by atoms with Crippen LogP contribution in [0.3, 0.4) is 0 Å². The normalized spacial score (nSPS) is 13.5. The Kier molecular flexibility index (Phi) is 6.30. The molecule has 0 saturated carbocycles. The highest BCUT2D eigenvalue weighted by Gasteiger charge is 2.13. The standard InChI is InChI=1S/C11H22/c1-5-9-11(8-4)10(6-2)7-3/h8,10-11H,4-7,9H2,1-3H3. The Morgan fingerprint density at radius 3 is 2.00 bits per heavy atom. The Labute approximate surface area is 71.7 Å². The van der Waals surface area contributed by atoms with Crippen LogP contribution in [0, 0.1) is 11.8 Å². The van der Waals surface area contributed by atoms with Crippen molar-refractivity contribution in [3.63, 3.8) is 0 Å². The first-order valence-electron chi connectivity index (χ1n) is 4.92. The molecule has 0 nitrogen and oxygen atoms in total. The van der Waals surface area contributed by atoms with Crippen molar-refractivity contribution in [2.75, 3.05) is 0 Å². The van der Waals surface area contributed by atoms with Gasteiger partial charge in [0.05, 0.1) is 0 Å². The van der Waals surface area contributed by atoms with Gasteiger partial charge in [0.15, 0.2) is 0 Å². The van der Waals surface area contributed by atoms with Gasteiger partial charge in [-0.25, -0.2) is 0 Å². The summed E-state index contributed by atoms with van der Waals surface area (Å²) in [6, 6.07) is 0. The lowest BCUT2D eigenvalue weighted by Gasteiger charge is -2.21. The first kappa shape index (κ1) is 10.7. The first-order valence-corrected chi connectivity index (χ1v) is 4.92. The first-order chi connectivity index (χ1) is 5.29. The Bertz CT molecular complexity index is 90.2. The predicted octanol–water partition coefficient (Wildman–Crippen LogP) is 4.02. The zero-order valence-corrected chi connectivity index (χ0v) is 8.27. The van der Waals surface area contributed by atoms with Gasteiger partial charge in [0.2, 0.25) is 0 Å². The van der Waals surface area contributed by atoms with Gasteiger partial charge in [-0.3, -0.25) is 0 Å². The van der Waals surface area contributed by atoms with Gasteiger partial charge in [0, 0.05) is 0 Å². The third-order valence-corrected chi connectivity index (χ3v) is 2.58. The van der Waals surface area contributed by atoms with E-state index in [0.717, 1.165) is 11.8 Å². The van der Waals surface area contributed by atoms with Crippen molar-refractivity contribution in [3.8, 4) is 0 Å². The molecular weight excluding hydrogens is 132 g/mol. The highest BCUT2D eigenvalue weighted by Crippen LogP contribution is 2.24. The molecule has 0 aromatic rings. The van der Waals surface area contributed by atoms with E-state index >= 15 is 0 Å². The van der Waals surface area contributed by atoms with Gasteiger partial charge in [-0.15, -0.1) is 6.58 Å². The Hall–Kier alpha value is -0.260. The Balaban J connectivity index is 3.86. The molecule has 0 radical (unpaired) electrons. The van der Waals surface area contributed by atoms with Crippen LogP contribution in [0.4, 0.5) is 0 Å². The number of rotatable bonds is 6. The summed E-state index contributed by atoms with van der Waals surface area (Å²) >= 11 is 0. The minimum absolute atomic E-state index is 0.759. The lowest BCUT2D eigenvalue weighted by Crippen LogP contribution is -2.10. The molecule has 0 saturated heterocycles. The molecule has 0 rings (SSSR count). The van der Waals surface area contributed by atoms with Crippen molar-refractivity contribution in [2.45, 2.75) is 46.5 Å². The molecule has 0 amide bonds. The summed E-state index contributed by atoms with van der Waals surface area (Å²) in [5.74, 6) is 1.63. The molecule has 11 heavy (non-hydrogen) atoms. The van der Waals surface area contributed by atoms with Crippen LogP contribution in [0.5, 0.6) is 0 Å². The molecule has 0 aromatic carbocycles. The fourth-order valence-corrected chi connectivity index (χ4v) is 1.77. The second-order valence-electron chi connectivity index (χ2n) is 3.26. The van der Waals surface area contributed by atoms with Crippen LogP contribution in [0.25, 0.3) is 0 Å². The zero-order valence-electron chi connectivity index (χ0n) is 8.27. The second kappa shape index (κ2) is 6.45. The molecular formula is C11H22. The maximum Gasteiger partial charge on any atom is -0.0208 e. The molecule has 1 atom stereocenters. The van der Waals surface area contributed by atoms with E-state index in [1.54, 1.807) is 0 Å². The van der Waals surface area contributed by atoms with Crippen LogP contribution in [0.1, 0.15) is 46.5 Å². The van der Waals surface area contributed by atoms with Crippen molar-refractivity contribution in [1.82, 2.24) is 0 Å². The summed E-state index contributed by atoms with van der Waals surface area (Å²) in [7, 11) is 0. The topological polar surface area (TPSA) is 0 Å². The van der Waals surface area contributed by atoms with Crippen LogP contribution >= 0.6 is 0 Å². The smallest absolute Gasteiger partial charge is 0.0208 e. The summed E-state index contributed by atoms with van der Waals surface area (Å²) in [4.78, 5) is 0. The van der Waals surface area contributed by atoms with E-state index in [1.807, 2.05) is 0 Å². The molecule has 0 fully saturated rings. The van der Waals surface area contributed by atoms with Gasteiger partial charge in [0.1, 0.15) is 0 Å². The molecule has 0 aliphatic carbocycles. The van der Waals surface area contributed by atoms with E-state index in [2.05, 4.69) is 33.4 Å².